The van der Waals surface area contributed by atoms with E-state index in [4.69, 9.17) is 0 Å². The molecule has 4 rings (SSSR count). The first-order valence-corrected chi connectivity index (χ1v) is 10.6. The Morgan fingerprint density at radius 3 is 2.55 bits per heavy atom. The Labute approximate surface area is 172 Å². The van der Waals surface area contributed by atoms with Crippen molar-refractivity contribution in [3.8, 4) is 11.3 Å². The standard InChI is InChI=1S/C24H28N4O/c29-24(11-10-20-6-2-1-3-7-20)28(22-8-4-5-9-22)19-18-27-17-14-23(26-27)21-12-15-25-16-13-21/h1-3,6-7,12-17,22H,4-5,8-11,18-19H2. The Morgan fingerprint density at radius 1 is 1.03 bits per heavy atom. The molecule has 1 aliphatic carbocycles. The minimum Gasteiger partial charge on any atom is -0.338 e. The molecular formula is C24H28N4O. The number of benzene rings is 1. The summed E-state index contributed by atoms with van der Waals surface area (Å²) in [5.41, 5.74) is 3.22. The number of aromatic nitrogens is 3. The average Bonchev–Trinajstić information content (AvgIpc) is 3.46. The summed E-state index contributed by atoms with van der Waals surface area (Å²) in [5, 5.41) is 4.68. The maximum absolute atomic E-state index is 13.0. The zero-order valence-corrected chi connectivity index (χ0v) is 16.8. The summed E-state index contributed by atoms with van der Waals surface area (Å²) in [6, 6.07) is 16.6. The molecule has 1 saturated carbocycles. The first kappa shape index (κ1) is 19.4. The molecule has 0 N–H and O–H groups in total. The van der Waals surface area contributed by atoms with E-state index in [9.17, 15) is 4.79 Å². The van der Waals surface area contributed by atoms with Gasteiger partial charge in [-0.15, -0.1) is 0 Å². The summed E-state index contributed by atoms with van der Waals surface area (Å²) in [7, 11) is 0. The largest absolute Gasteiger partial charge is 0.338 e. The normalized spacial score (nSPS) is 14.2. The van der Waals surface area contributed by atoms with Gasteiger partial charge in [-0.2, -0.15) is 5.10 Å². The van der Waals surface area contributed by atoms with Gasteiger partial charge in [0.2, 0.25) is 5.91 Å². The molecule has 0 atom stereocenters. The Morgan fingerprint density at radius 2 is 1.79 bits per heavy atom. The summed E-state index contributed by atoms with van der Waals surface area (Å²) in [4.78, 5) is 19.2. The number of amides is 1. The second kappa shape index (κ2) is 9.50. The van der Waals surface area contributed by atoms with Crippen LogP contribution in [0.3, 0.4) is 0 Å². The van der Waals surface area contributed by atoms with Crippen molar-refractivity contribution in [2.45, 2.75) is 51.1 Å². The van der Waals surface area contributed by atoms with Crippen LogP contribution in [-0.2, 0) is 17.8 Å². The van der Waals surface area contributed by atoms with Crippen LogP contribution >= 0.6 is 0 Å². The van der Waals surface area contributed by atoms with Crippen molar-refractivity contribution in [3.05, 3.63) is 72.7 Å². The van der Waals surface area contributed by atoms with E-state index in [2.05, 4.69) is 27.1 Å². The van der Waals surface area contributed by atoms with Crippen LogP contribution in [-0.4, -0.2) is 38.2 Å². The molecule has 2 heterocycles. The molecule has 1 fully saturated rings. The second-order valence-electron chi connectivity index (χ2n) is 7.71. The first-order valence-electron chi connectivity index (χ1n) is 10.6. The van der Waals surface area contributed by atoms with E-state index in [1.165, 1.54) is 18.4 Å². The van der Waals surface area contributed by atoms with Crippen LogP contribution in [0.15, 0.2) is 67.1 Å². The number of hydrogen-bond acceptors (Lipinski definition) is 3. The van der Waals surface area contributed by atoms with E-state index in [1.54, 1.807) is 12.4 Å². The fraction of sp³-hybridized carbons (Fsp3) is 0.375. The van der Waals surface area contributed by atoms with E-state index in [-0.39, 0.29) is 5.91 Å². The third-order valence-electron chi connectivity index (χ3n) is 5.74. The molecule has 0 spiro atoms. The van der Waals surface area contributed by atoms with Crippen LogP contribution in [0, 0.1) is 0 Å². The highest BCUT2D eigenvalue weighted by atomic mass is 16.2. The predicted molar refractivity (Wildman–Crippen MR) is 114 cm³/mol. The SMILES string of the molecule is O=C(CCc1ccccc1)N(CCn1ccc(-c2ccncc2)n1)C1CCCC1. The molecule has 1 amide bonds. The van der Waals surface area contributed by atoms with E-state index >= 15 is 0 Å². The lowest BCUT2D eigenvalue weighted by Gasteiger charge is -2.29. The molecule has 0 bridgehead atoms. The van der Waals surface area contributed by atoms with Gasteiger partial charge >= 0.3 is 0 Å². The summed E-state index contributed by atoms with van der Waals surface area (Å²) in [6.07, 6.45) is 11.6. The van der Waals surface area contributed by atoms with Crippen LogP contribution in [0.2, 0.25) is 0 Å². The third-order valence-corrected chi connectivity index (χ3v) is 5.74. The van der Waals surface area contributed by atoms with E-state index in [0.29, 0.717) is 12.5 Å². The lowest BCUT2D eigenvalue weighted by Crippen LogP contribution is -2.41. The first-order chi connectivity index (χ1) is 14.3. The van der Waals surface area contributed by atoms with Gasteiger partial charge in [0.25, 0.3) is 0 Å². The minimum atomic E-state index is 0.266. The molecule has 2 aromatic heterocycles. The monoisotopic (exact) mass is 388 g/mol. The summed E-state index contributed by atoms with van der Waals surface area (Å²) >= 11 is 0. The van der Waals surface area contributed by atoms with Gasteiger partial charge in [0.05, 0.1) is 12.2 Å². The quantitative estimate of drug-likeness (QED) is 0.576. The lowest BCUT2D eigenvalue weighted by atomic mass is 10.1. The lowest BCUT2D eigenvalue weighted by molar-refractivity contribution is -0.133. The Kier molecular flexibility index (Phi) is 6.35. The number of rotatable bonds is 8. The summed E-state index contributed by atoms with van der Waals surface area (Å²) < 4.78 is 1.95. The molecule has 0 aliphatic heterocycles. The van der Waals surface area contributed by atoms with Crippen molar-refractivity contribution in [1.82, 2.24) is 19.7 Å². The maximum atomic E-state index is 13.0. The van der Waals surface area contributed by atoms with Gasteiger partial charge in [0, 0.05) is 43.2 Å². The average molecular weight is 389 g/mol. The zero-order valence-electron chi connectivity index (χ0n) is 16.8. The predicted octanol–water partition coefficient (Wildman–Crippen LogP) is 4.35. The van der Waals surface area contributed by atoms with Crippen LogP contribution in [0.5, 0.6) is 0 Å². The third kappa shape index (κ3) is 5.11. The summed E-state index contributed by atoms with van der Waals surface area (Å²) in [6.45, 7) is 1.44. The topological polar surface area (TPSA) is 51.0 Å². The molecule has 0 saturated heterocycles. The second-order valence-corrected chi connectivity index (χ2v) is 7.71. The van der Waals surface area contributed by atoms with Crippen LogP contribution in [0.4, 0.5) is 0 Å². The minimum absolute atomic E-state index is 0.266. The van der Waals surface area contributed by atoms with Gasteiger partial charge in [-0.3, -0.25) is 14.5 Å². The Balaban J connectivity index is 1.38. The van der Waals surface area contributed by atoms with Crippen LogP contribution < -0.4 is 0 Å². The van der Waals surface area contributed by atoms with Gasteiger partial charge in [0.15, 0.2) is 0 Å². The zero-order chi connectivity index (χ0) is 19.9. The van der Waals surface area contributed by atoms with Crippen LogP contribution in [0.1, 0.15) is 37.7 Å². The molecule has 1 aromatic carbocycles. The van der Waals surface area contributed by atoms with Crippen LogP contribution in [0.25, 0.3) is 11.3 Å². The molecule has 150 valence electrons. The van der Waals surface area contributed by atoms with E-state index in [0.717, 1.165) is 43.6 Å². The highest BCUT2D eigenvalue weighted by Gasteiger charge is 2.26. The van der Waals surface area contributed by atoms with E-state index in [1.807, 2.05) is 47.3 Å². The Bertz CT molecular complexity index is 901. The summed E-state index contributed by atoms with van der Waals surface area (Å²) in [5.74, 6) is 0.266. The molecule has 0 unspecified atom stereocenters. The van der Waals surface area contributed by atoms with Gasteiger partial charge < -0.3 is 4.90 Å². The number of nitrogens with zero attached hydrogens (tertiary/aromatic N) is 4. The smallest absolute Gasteiger partial charge is 0.223 e. The highest BCUT2D eigenvalue weighted by molar-refractivity contribution is 5.76. The van der Waals surface area contributed by atoms with Crippen molar-refractivity contribution in [1.29, 1.82) is 0 Å². The fourth-order valence-corrected chi connectivity index (χ4v) is 4.14. The number of pyridine rings is 1. The molecular weight excluding hydrogens is 360 g/mol. The fourth-order valence-electron chi connectivity index (χ4n) is 4.14. The van der Waals surface area contributed by atoms with Crippen molar-refractivity contribution in [3.63, 3.8) is 0 Å². The number of aryl methyl sites for hydroxylation is 1. The van der Waals surface area contributed by atoms with Gasteiger partial charge in [-0.25, -0.2) is 0 Å². The van der Waals surface area contributed by atoms with Crippen molar-refractivity contribution < 1.29 is 4.79 Å². The molecule has 3 aromatic rings. The number of carbonyl (C=O) groups is 1. The number of carbonyl (C=O) groups excluding carboxylic acids is 1. The van der Waals surface area contributed by atoms with Gasteiger partial charge in [-0.1, -0.05) is 43.2 Å². The van der Waals surface area contributed by atoms with E-state index < -0.39 is 0 Å². The molecule has 0 radical (unpaired) electrons. The highest BCUT2D eigenvalue weighted by Crippen LogP contribution is 2.24. The molecule has 1 aliphatic rings. The number of hydrogen-bond donors (Lipinski definition) is 0. The Hall–Kier alpha value is -2.95. The van der Waals surface area contributed by atoms with Crippen molar-refractivity contribution in [2.24, 2.45) is 0 Å². The molecule has 5 nitrogen and oxygen atoms in total. The molecule has 5 heteroatoms. The maximum Gasteiger partial charge on any atom is 0.223 e. The van der Waals surface area contributed by atoms with Crippen molar-refractivity contribution >= 4 is 5.91 Å². The van der Waals surface area contributed by atoms with Gasteiger partial charge in [-0.05, 0) is 43.0 Å². The van der Waals surface area contributed by atoms with Gasteiger partial charge in [0.1, 0.15) is 0 Å². The molecule has 29 heavy (non-hydrogen) atoms. The van der Waals surface area contributed by atoms with Crippen molar-refractivity contribution in [2.75, 3.05) is 6.54 Å².